The minimum Gasteiger partial charge on any atom is -0.503 e. The molecule has 1 heterocycles. The van der Waals surface area contributed by atoms with E-state index < -0.39 is 34.9 Å². The molecule has 28 heavy (non-hydrogen) atoms. The Kier molecular flexibility index (Phi) is 5.08. The second kappa shape index (κ2) is 7.47. The smallest absolute Gasteiger partial charge is 0.420 e. The zero-order valence-electron chi connectivity index (χ0n) is 14.4. The van der Waals surface area contributed by atoms with Crippen molar-refractivity contribution in [1.29, 1.82) is 0 Å². The van der Waals surface area contributed by atoms with Crippen LogP contribution in [0.15, 0.2) is 45.6 Å². The monoisotopic (exact) mass is 389 g/mol. The van der Waals surface area contributed by atoms with Gasteiger partial charge >= 0.3 is 11.7 Å². The molecule has 0 saturated heterocycles. The van der Waals surface area contributed by atoms with E-state index in [2.05, 4.69) is 4.74 Å². The molecule has 0 atom stereocenters. The van der Waals surface area contributed by atoms with E-state index >= 15 is 0 Å². The highest BCUT2D eigenvalue weighted by Crippen LogP contribution is 2.23. The number of carbonyl (C=O) groups excluding carboxylic acids is 2. The van der Waals surface area contributed by atoms with Gasteiger partial charge in [0, 0.05) is 0 Å². The first-order valence-electron chi connectivity index (χ1n) is 7.91. The molecule has 2 aromatic carbocycles. The number of halogens is 2. The molecule has 9 heteroatoms. The molecule has 0 aliphatic carbocycles. The minimum atomic E-state index is -1.17. The zero-order valence-corrected chi connectivity index (χ0v) is 14.4. The largest absolute Gasteiger partial charge is 0.503 e. The van der Waals surface area contributed by atoms with Crippen molar-refractivity contribution in [2.75, 3.05) is 7.11 Å². The molecule has 1 aromatic heterocycles. The zero-order chi connectivity index (χ0) is 20.4. The van der Waals surface area contributed by atoms with E-state index in [-0.39, 0.29) is 28.8 Å². The number of benzene rings is 2. The molecular formula is C19H13F2NO6. The number of hydrogen-bond donors (Lipinski definition) is 1. The van der Waals surface area contributed by atoms with E-state index in [1.807, 2.05) is 0 Å². The van der Waals surface area contributed by atoms with Crippen molar-refractivity contribution in [2.45, 2.75) is 6.54 Å². The predicted octanol–water partition coefficient (Wildman–Crippen LogP) is 2.65. The van der Waals surface area contributed by atoms with Gasteiger partial charge < -0.3 is 14.3 Å². The number of phenolic OH excluding ortho intramolecular Hbond substituents is 1. The number of phenols is 1. The second-order valence-corrected chi connectivity index (χ2v) is 5.71. The highest BCUT2D eigenvalue weighted by Gasteiger charge is 2.18. The Morgan fingerprint density at radius 3 is 2.57 bits per heavy atom. The van der Waals surface area contributed by atoms with Crippen LogP contribution in [-0.4, -0.2) is 28.5 Å². The van der Waals surface area contributed by atoms with Crippen molar-refractivity contribution >= 4 is 28.9 Å². The van der Waals surface area contributed by atoms with Gasteiger partial charge in [0.15, 0.2) is 28.8 Å². The maximum atomic E-state index is 13.4. The third kappa shape index (κ3) is 3.54. The van der Waals surface area contributed by atoms with Crippen LogP contribution in [-0.2, 0) is 16.1 Å². The molecule has 3 rings (SSSR count). The Balaban J connectivity index is 1.97. The minimum absolute atomic E-state index is 0.0121. The number of oxazole rings is 1. The van der Waals surface area contributed by atoms with Gasteiger partial charge in [-0.05, 0) is 35.9 Å². The molecule has 0 aliphatic heterocycles. The van der Waals surface area contributed by atoms with Crippen LogP contribution in [0.2, 0.25) is 0 Å². The summed E-state index contributed by atoms with van der Waals surface area (Å²) in [5.74, 6) is -5.55. The molecule has 3 aromatic rings. The Bertz CT molecular complexity index is 1150. The molecule has 0 bridgehead atoms. The summed E-state index contributed by atoms with van der Waals surface area (Å²) in [6.45, 7) is -0.387. The van der Waals surface area contributed by atoms with E-state index in [1.165, 1.54) is 25.3 Å². The van der Waals surface area contributed by atoms with Crippen LogP contribution in [0.3, 0.4) is 0 Å². The van der Waals surface area contributed by atoms with Crippen LogP contribution in [0.5, 0.6) is 5.75 Å². The maximum absolute atomic E-state index is 13.4. The fourth-order valence-electron chi connectivity index (χ4n) is 2.57. The van der Waals surface area contributed by atoms with Crippen LogP contribution in [0.1, 0.15) is 15.9 Å². The van der Waals surface area contributed by atoms with Gasteiger partial charge in [-0.1, -0.05) is 12.1 Å². The molecule has 144 valence electrons. The molecule has 0 amide bonds. The van der Waals surface area contributed by atoms with Gasteiger partial charge in [-0.25, -0.2) is 13.6 Å². The quantitative estimate of drug-likeness (QED) is 0.409. The normalized spacial score (nSPS) is 11.2. The first-order chi connectivity index (χ1) is 13.3. The van der Waals surface area contributed by atoms with Gasteiger partial charge in [0.25, 0.3) is 0 Å². The Morgan fingerprint density at radius 1 is 1.25 bits per heavy atom. The van der Waals surface area contributed by atoms with Crippen LogP contribution >= 0.6 is 0 Å². The van der Waals surface area contributed by atoms with E-state index in [9.17, 15) is 23.2 Å². The lowest BCUT2D eigenvalue weighted by Crippen LogP contribution is -2.20. The number of ketones is 1. The first kappa shape index (κ1) is 19.0. The van der Waals surface area contributed by atoms with Gasteiger partial charge in [0.05, 0.1) is 18.2 Å². The van der Waals surface area contributed by atoms with Gasteiger partial charge in [0.1, 0.15) is 6.54 Å². The summed E-state index contributed by atoms with van der Waals surface area (Å²) in [4.78, 5) is 35.9. The van der Waals surface area contributed by atoms with Crippen molar-refractivity contribution in [3.8, 4) is 5.75 Å². The van der Waals surface area contributed by atoms with Crippen LogP contribution in [0, 0.1) is 11.6 Å². The summed E-state index contributed by atoms with van der Waals surface area (Å²) in [5.41, 5.74) is 0.220. The maximum Gasteiger partial charge on any atom is 0.420 e. The van der Waals surface area contributed by atoms with E-state index in [0.29, 0.717) is 0 Å². The number of allylic oxidation sites excluding steroid dienone is 1. The molecule has 0 saturated carbocycles. The van der Waals surface area contributed by atoms with Gasteiger partial charge in [-0.15, -0.1) is 0 Å². The lowest BCUT2D eigenvalue weighted by atomic mass is 10.1. The number of aromatic hydroxyl groups is 1. The van der Waals surface area contributed by atoms with E-state index in [0.717, 1.165) is 28.9 Å². The van der Waals surface area contributed by atoms with Crippen molar-refractivity contribution < 1.29 is 32.6 Å². The van der Waals surface area contributed by atoms with Crippen molar-refractivity contribution in [3.05, 3.63) is 69.7 Å². The summed E-state index contributed by atoms with van der Waals surface area (Å²) in [5, 5.41) is 9.09. The average Bonchev–Trinajstić information content (AvgIpc) is 2.99. The van der Waals surface area contributed by atoms with E-state index in [4.69, 9.17) is 9.52 Å². The Hall–Kier alpha value is -3.75. The SMILES string of the molecule is COC(=O)Cn1c(=O)oc2c(C(=O)/C=C/c3cc(F)c(O)c(F)c3)cccc21. The molecule has 0 unspecified atom stereocenters. The third-order valence-corrected chi connectivity index (χ3v) is 3.94. The number of fused-ring (bicyclic) bond motifs is 1. The number of carbonyl (C=O) groups is 2. The predicted molar refractivity (Wildman–Crippen MR) is 93.9 cm³/mol. The number of rotatable bonds is 5. The first-order valence-corrected chi connectivity index (χ1v) is 7.91. The summed E-state index contributed by atoms with van der Waals surface area (Å²) in [7, 11) is 1.17. The molecule has 7 nitrogen and oxygen atoms in total. The molecular weight excluding hydrogens is 376 g/mol. The van der Waals surface area contributed by atoms with Crippen LogP contribution in [0.25, 0.3) is 17.2 Å². The molecule has 1 N–H and O–H groups in total. The van der Waals surface area contributed by atoms with Crippen molar-refractivity contribution in [3.63, 3.8) is 0 Å². The second-order valence-electron chi connectivity index (χ2n) is 5.71. The van der Waals surface area contributed by atoms with Crippen LogP contribution in [0.4, 0.5) is 8.78 Å². The van der Waals surface area contributed by atoms with E-state index in [1.54, 1.807) is 0 Å². The standard InChI is InChI=1S/C19H13F2NO6/c1-27-16(24)9-22-14-4-2-3-11(18(14)28-19(22)26)15(23)6-5-10-7-12(20)17(25)13(21)8-10/h2-8,25H,9H2,1H3/b6-5+. The third-order valence-electron chi connectivity index (χ3n) is 3.94. The number of ether oxygens (including phenoxy) is 1. The van der Waals surface area contributed by atoms with Crippen molar-refractivity contribution in [1.82, 2.24) is 4.57 Å². The fourth-order valence-corrected chi connectivity index (χ4v) is 2.57. The number of esters is 1. The number of methoxy groups -OCH3 is 1. The highest BCUT2D eigenvalue weighted by molar-refractivity contribution is 6.13. The van der Waals surface area contributed by atoms with Gasteiger partial charge in [0.2, 0.25) is 0 Å². The molecule has 0 aliphatic rings. The number of nitrogens with zero attached hydrogens (tertiary/aromatic N) is 1. The van der Waals surface area contributed by atoms with Gasteiger partial charge in [-0.3, -0.25) is 14.2 Å². The van der Waals surface area contributed by atoms with Crippen LogP contribution < -0.4 is 5.76 Å². The molecule has 0 radical (unpaired) electrons. The van der Waals surface area contributed by atoms with Crippen molar-refractivity contribution in [2.24, 2.45) is 0 Å². The summed E-state index contributed by atoms with van der Waals surface area (Å²) in [6, 6.07) is 6.10. The topological polar surface area (TPSA) is 98.7 Å². The number of hydrogen-bond acceptors (Lipinski definition) is 6. The van der Waals surface area contributed by atoms with Gasteiger partial charge in [-0.2, -0.15) is 0 Å². The Labute approximate surface area is 156 Å². The fraction of sp³-hybridized carbons (Fsp3) is 0.105. The summed E-state index contributed by atoms with van der Waals surface area (Å²) >= 11 is 0. The highest BCUT2D eigenvalue weighted by atomic mass is 19.1. The number of para-hydroxylation sites is 1. The Morgan fingerprint density at radius 2 is 1.93 bits per heavy atom. The summed E-state index contributed by atoms with van der Waals surface area (Å²) in [6.07, 6.45) is 2.19. The molecule has 0 fully saturated rings. The molecule has 0 spiro atoms. The average molecular weight is 389 g/mol. The summed E-state index contributed by atoms with van der Waals surface area (Å²) < 4.78 is 37.4. The lowest BCUT2D eigenvalue weighted by Gasteiger charge is -2.02. The number of aromatic nitrogens is 1. The lowest BCUT2D eigenvalue weighted by molar-refractivity contribution is -0.141.